The first-order valence-electron chi connectivity index (χ1n) is 5.57. The number of benzene rings is 1. The Labute approximate surface area is 100 Å². The molecule has 0 bridgehead atoms. The maximum atomic E-state index is 12.0. The van der Waals surface area contributed by atoms with E-state index in [2.05, 4.69) is 0 Å². The molecule has 0 aromatic heterocycles. The minimum absolute atomic E-state index is 0.228. The number of methoxy groups -OCH3 is 1. The van der Waals surface area contributed by atoms with Crippen molar-refractivity contribution in [1.29, 1.82) is 0 Å². The lowest BCUT2D eigenvalue weighted by molar-refractivity contribution is -0.117. The summed E-state index contributed by atoms with van der Waals surface area (Å²) in [7, 11) is 1.65. The third kappa shape index (κ3) is 2.79. The van der Waals surface area contributed by atoms with E-state index in [-0.39, 0.29) is 5.25 Å². The maximum absolute atomic E-state index is 12.0. The van der Waals surface area contributed by atoms with Gasteiger partial charge in [-0.25, -0.2) is 0 Å². The Bertz CT molecular complexity index is 370. The van der Waals surface area contributed by atoms with Crippen LogP contribution in [0.2, 0.25) is 0 Å². The molecular weight excluding hydrogens is 220 g/mol. The fraction of sp³-hybridized carbons (Fsp3) is 0.462. The van der Waals surface area contributed by atoms with E-state index in [9.17, 15) is 4.79 Å². The lowest BCUT2D eigenvalue weighted by Gasteiger charge is -2.08. The second-order valence-electron chi connectivity index (χ2n) is 4.00. The zero-order chi connectivity index (χ0) is 11.4. The number of thioether (sulfide) groups is 1. The first-order valence-corrected chi connectivity index (χ1v) is 6.62. The Balaban J connectivity index is 1.99. The fourth-order valence-corrected chi connectivity index (χ4v) is 3.15. The van der Waals surface area contributed by atoms with Crippen LogP contribution in [0, 0.1) is 0 Å². The third-order valence-electron chi connectivity index (χ3n) is 2.80. The van der Waals surface area contributed by atoms with E-state index in [1.807, 2.05) is 24.3 Å². The molecule has 1 aromatic rings. The van der Waals surface area contributed by atoms with Gasteiger partial charge in [0.1, 0.15) is 11.5 Å². The van der Waals surface area contributed by atoms with Crippen LogP contribution in [0.3, 0.4) is 0 Å². The number of Topliss-reactive ketones (excluding diaryl/α,β-unsaturated/α-hetero) is 1. The molecule has 2 nitrogen and oxygen atoms in total. The van der Waals surface area contributed by atoms with Crippen LogP contribution >= 0.6 is 11.8 Å². The topological polar surface area (TPSA) is 26.3 Å². The smallest absolute Gasteiger partial charge is 0.150 e. The summed E-state index contributed by atoms with van der Waals surface area (Å²) in [6.07, 6.45) is 2.77. The van der Waals surface area contributed by atoms with E-state index in [0.717, 1.165) is 23.5 Å². The molecule has 1 heterocycles. The van der Waals surface area contributed by atoms with Crippen molar-refractivity contribution < 1.29 is 9.53 Å². The summed E-state index contributed by atoms with van der Waals surface area (Å²) in [4.78, 5) is 12.0. The molecule has 0 N–H and O–H groups in total. The first-order chi connectivity index (χ1) is 7.79. The van der Waals surface area contributed by atoms with Crippen LogP contribution in [0.25, 0.3) is 0 Å². The number of hydrogen-bond acceptors (Lipinski definition) is 3. The van der Waals surface area contributed by atoms with Gasteiger partial charge < -0.3 is 4.74 Å². The van der Waals surface area contributed by atoms with E-state index in [0.29, 0.717) is 12.2 Å². The highest BCUT2D eigenvalue weighted by molar-refractivity contribution is 8.00. The van der Waals surface area contributed by atoms with E-state index in [1.54, 1.807) is 18.9 Å². The zero-order valence-corrected chi connectivity index (χ0v) is 10.3. The van der Waals surface area contributed by atoms with Crippen molar-refractivity contribution in [3.8, 4) is 5.75 Å². The average Bonchev–Trinajstić information content (AvgIpc) is 2.83. The highest BCUT2D eigenvalue weighted by Gasteiger charge is 2.23. The Kier molecular flexibility index (Phi) is 3.88. The van der Waals surface area contributed by atoms with Crippen LogP contribution in [-0.4, -0.2) is 23.9 Å². The molecule has 0 aliphatic carbocycles. The molecule has 1 aliphatic rings. The molecule has 86 valence electrons. The van der Waals surface area contributed by atoms with Gasteiger partial charge in [0.15, 0.2) is 0 Å². The monoisotopic (exact) mass is 236 g/mol. The van der Waals surface area contributed by atoms with E-state index in [1.165, 1.54) is 6.42 Å². The number of hydrogen-bond donors (Lipinski definition) is 0. The second-order valence-corrected chi connectivity index (χ2v) is 5.31. The van der Waals surface area contributed by atoms with Crippen LogP contribution in [0.4, 0.5) is 0 Å². The largest absolute Gasteiger partial charge is 0.497 e. The Morgan fingerprint density at radius 1 is 1.56 bits per heavy atom. The summed E-state index contributed by atoms with van der Waals surface area (Å²) >= 11 is 1.80. The number of ether oxygens (including phenoxy) is 1. The van der Waals surface area contributed by atoms with Crippen LogP contribution in [-0.2, 0) is 11.2 Å². The lowest BCUT2D eigenvalue weighted by Crippen LogP contribution is -2.16. The number of carbonyl (C=O) groups excluding carboxylic acids is 1. The lowest BCUT2D eigenvalue weighted by atomic mass is 10.0. The molecule has 3 heteroatoms. The Morgan fingerprint density at radius 2 is 2.44 bits per heavy atom. The molecular formula is C13H16O2S. The van der Waals surface area contributed by atoms with Gasteiger partial charge in [0.05, 0.1) is 12.4 Å². The van der Waals surface area contributed by atoms with Crippen LogP contribution in [0.15, 0.2) is 24.3 Å². The molecule has 1 aliphatic heterocycles. The molecule has 1 aromatic carbocycles. The van der Waals surface area contributed by atoms with Crippen LogP contribution < -0.4 is 4.74 Å². The van der Waals surface area contributed by atoms with E-state index in [4.69, 9.17) is 4.74 Å². The molecule has 1 atom stereocenters. The maximum Gasteiger partial charge on any atom is 0.150 e. The summed E-state index contributed by atoms with van der Waals surface area (Å²) in [6, 6.07) is 7.76. The van der Waals surface area contributed by atoms with Gasteiger partial charge in [-0.3, -0.25) is 4.79 Å². The quantitative estimate of drug-likeness (QED) is 0.804. The van der Waals surface area contributed by atoms with Crippen LogP contribution in [0.5, 0.6) is 5.75 Å². The highest BCUT2D eigenvalue weighted by Crippen LogP contribution is 2.28. The van der Waals surface area contributed by atoms with Crippen molar-refractivity contribution in [1.82, 2.24) is 0 Å². The average molecular weight is 236 g/mol. The van der Waals surface area contributed by atoms with E-state index >= 15 is 0 Å². The van der Waals surface area contributed by atoms with Gasteiger partial charge in [-0.15, -0.1) is 0 Å². The number of carbonyl (C=O) groups is 1. The van der Waals surface area contributed by atoms with Gasteiger partial charge in [0, 0.05) is 6.42 Å². The summed E-state index contributed by atoms with van der Waals surface area (Å²) in [5.74, 6) is 2.31. The molecule has 1 unspecified atom stereocenters. The Hall–Kier alpha value is -0.960. The first kappa shape index (κ1) is 11.5. The SMILES string of the molecule is COc1cccc(CC(=O)C2CCCS2)c1. The zero-order valence-electron chi connectivity index (χ0n) is 9.44. The van der Waals surface area contributed by atoms with Gasteiger partial charge in [0.25, 0.3) is 0 Å². The molecule has 0 radical (unpaired) electrons. The number of ketones is 1. The van der Waals surface area contributed by atoms with Crippen molar-refractivity contribution in [2.45, 2.75) is 24.5 Å². The van der Waals surface area contributed by atoms with Gasteiger partial charge in [0.2, 0.25) is 0 Å². The molecule has 1 saturated heterocycles. The molecule has 0 amide bonds. The standard InChI is InChI=1S/C13H16O2S/c1-15-11-5-2-4-10(8-11)9-12(14)13-6-3-7-16-13/h2,4-5,8,13H,3,6-7,9H2,1H3. The summed E-state index contributed by atoms with van der Waals surface area (Å²) in [5, 5.41) is 0.228. The predicted octanol–water partition coefficient (Wildman–Crippen LogP) is 2.70. The minimum Gasteiger partial charge on any atom is -0.497 e. The Morgan fingerprint density at radius 3 is 3.12 bits per heavy atom. The predicted molar refractivity (Wildman–Crippen MR) is 67.2 cm³/mol. The van der Waals surface area contributed by atoms with Gasteiger partial charge in [-0.2, -0.15) is 11.8 Å². The van der Waals surface area contributed by atoms with Crippen molar-refractivity contribution in [2.24, 2.45) is 0 Å². The molecule has 16 heavy (non-hydrogen) atoms. The molecule has 2 rings (SSSR count). The molecule has 0 saturated carbocycles. The van der Waals surface area contributed by atoms with Gasteiger partial charge in [-0.1, -0.05) is 12.1 Å². The molecule has 0 spiro atoms. The van der Waals surface area contributed by atoms with Gasteiger partial charge >= 0.3 is 0 Å². The third-order valence-corrected chi connectivity index (χ3v) is 4.23. The fourth-order valence-electron chi connectivity index (χ4n) is 1.93. The van der Waals surface area contributed by atoms with Crippen molar-refractivity contribution in [2.75, 3.05) is 12.9 Å². The van der Waals surface area contributed by atoms with Crippen molar-refractivity contribution in [3.05, 3.63) is 29.8 Å². The van der Waals surface area contributed by atoms with Crippen LogP contribution in [0.1, 0.15) is 18.4 Å². The normalized spacial score (nSPS) is 19.7. The summed E-state index contributed by atoms with van der Waals surface area (Å²) in [6.45, 7) is 0. The molecule has 1 fully saturated rings. The van der Waals surface area contributed by atoms with Crippen molar-refractivity contribution >= 4 is 17.5 Å². The highest BCUT2D eigenvalue weighted by atomic mass is 32.2. The van der Waals surface area contributed by atoms with E-state index < -0.39 is 0 Å². The van der Waals surface area contributed by atoms with Crippen molar-refractivity contribution in [3.63, 3.8) is 0 Å². The summed E-state index contributed by atoms with van der Waals surface area (Å²) in [5.41, 5.74) is 1.05. The minimum atomic E-state index is 0.228. The summed E-state index contributed by atoms with van der Waals surface area (Å²) < 4.78 is 5.15. The van der Waals surface area contributed by atoms with Gasteiger partial charge in [-0.05, 0) is 36.3 Å². The second kappa shape index (κ2) is 5.39. The number of rotatable bonds is 4.